The number of carbonyl (C=O) groups is 1. The van der Waals surface area contributed by atoms with Crippen LogP contribution in [0.5, 0.6) is 0 Å². The van der Waals surface area contributed by atoms with Crippen LogP contribution in [-0.4, -0.2) is 24.2 Å². The Hall–Kier alpha value is 1.38. The molecule has 0 saturated carbocycles. The van der Waals surface area contributed by atoms with E-state index in [2.05, 4.69) is 6.92 Å². The molecule has 0 fully saturated rings. The summed E-state index contributed by atoms with van der Waals surface area (Å²) in [5.74, 6) is -1.72. The Morgan fingerprint density at radius 1 is 0.909 bits per heavy atom. The first-order chi connectivity index (χ1) is 9.39. The molecule has 22 heavy (non-hydrogen) atoms. The number of carboxylic acid groups (broad SMARTS) is 1. The first kappa shape index (κ1) is 28.2. The van der Waals surface area contributed by atoms with Gasteiger partial charge in [0.05, 0.1) is 5.97 Å². The first-order valence-electron chi connectivity index (χ1n) is 7.56. The van der Waals surface area contributed by atoms with Gasteiger partial charge in [0.15, 0.2) is 0 Å². The van der Waals surface area contributed by atoms with Crippen molar-refractivity contribution in [1.82, 2.24) is 0 Å². The van der Waals surface area contributed by atoms with Crippen LogP contribution < -0.4 is 64.2 Å². The zero-order valence-electron chi connectivity index (χ0n) is 14.3. The van der Waals surface area contributed by atoms with E-state index in [1.54, 1.807) is 0 Å². The SMILES string of the molecule is CCCCCCCCCCCCC(C(=O)[O-])S(=O)(=O)O.[Na+].[Na+]. The quantitative estimate of drug-likeness (QED) is 0.209. The van der Waals surface area contributed by atoms with Crippen LogP contribution in [0, 0.1) is 0 Å². The maximum atomic E-state index is 10.8. The largest absolute Gasteiger partial charge is 1.00 e. The molecule has 8 heteroatoms. The second-order valence-electron chi connectivity index (χ2n) is 5.29. The fraction of sp³-hybridized carbons (Fsp3) is 0.929. The van der Waals surface area contributed by atoms with Gasteiger partial charge in [-0.2, -0.15) is 8.42 Å². The monoisotopic (exact) mass is 353 g/mol. The molecule has 0 radical (unpaired) electrons. The number of carbonyl (C=O) groups excluding carboxylic acids is 1. The van der Waals surface area contributed by atoms with Gasteiger partial charge in [0.1, 0.15) is 5.25 Å². The van der Waals surface area contributed by atoms with E-state index >= 15 is 0 Å². The van der Waals surface area contributed by atoms with Crippen molar-refractivity contribution >= 4 is 16.1 Å². The van der Waals surface area contributed by atoms with Crippen LogP contribution in [0.25, 0.3) is 0 Å². The van der Waals surface area contributed by atoms with Gasteiger partial charge in [0.25, 0.3) is 10.1 Å². The van der Waals surface area contributed by atoms with Crippen LogP contribution in [0.4, 0.5) is 0 Å². The van der Waals surface area contributed by atoms with E-state index in [0.717, 1.165) is 19.3 Å². The Balaban J connectivity index is -0.00000180. The van der Waals surface area contributed by atoms with Gasteiger partial charge in [-0.1, -0.05) is 71.1 Å². The van der Waals surface area contributed by atoms with E-state index in [-0.39, 0.29) is 65.5 Å². The van der Waals surface area contributed by atoms with Crippen LogP contribution in [0.15, 0.2) is 0 Å². The van der Waals surface area contributed by atoms with Gasteiger partial charge < -0.3 is 9.90 Å². The summed E-state index contributed by atoms with van der Waals surface area (Å²) < 4.78 is 30.3. The zero-order valence-corrected chi connectivity index (χ0v) is 19.2. The molecule has 0 aliphatic heterocycles. The van der Waals surface area contributed by atoms with E-state index in [0.29, 0.717) is 6.42 Å². The summed E-state index contributed by atoms with van der Waals surface area (Å²) in [7, 11) is -4.54. The van der Waals surface area contributed by atoms with Crippen molar-refractivity contribution in [3.05, 3.63) is 0 Å². The van der Waals surface area contributed by atoms with E-state index < -0.39 is 21.3 Å². The van der Waals surface area contributed by atoms with E-state index in [1.165, 1.54) is 38.5 Å². The Labute approximate surface area is 179 Å². The van der Waals surface area contributed by atoms with Crippen molar-refractivity contribution < 1.29 is 82.0 Å². The summed E-state index contributed by atoms with van der Waals surface area (Å²) in [6, 6.07) is 0. The minimum atomic E-state index is -4.54. The van der Waals surface area contributed by atoms with Crippen molar-refractivity contribution in [2.75, 3.05) is 0 Å². The van der Waals surface area contributed by atoms with Crippen LogP contribution in [0.2, 0.25) is 0 Å². The third kappa shape index (κ3) is 16.2. The number of hydrogen-bond donors (Lipinski definition) is 1. The van der Waals surface area contributed by atoms with Crippen molar-refractivity contribution in [3.8, 4) is 0 Å². The standard InChI is InChI=1S/C14H28O5S.2Na/c1-2-3-4-5-6-7-8-9-10-11-12-13(14(15)16)20(17,18)19;;/h13H,2-12H2,1H3,(H,15,16)(H,17,18,19);;/q;2*+1/p-1. The maximum Gasteiger partial charge on any atom is 1.00 e. The molecule has 1 N–H and O–H groups in total. The number of unbranched alkanes of at least 4 members (excludes halogenated alkanes) is 9. The van der Waals surface area contributed by atoms with Crippen LogP contribution in [-0.2, 0) is 14.9 Å². The summed E-state index contributed by atoms with van der Waals surface area (Å²) >= 11 is 0. The molecule has 0 heterocycles. The van der Waals surface area contributed by atoms with Gasteiger partial charge in [0, 0.05) is 0 Å². The van der Waals surface area contributed by atoms with Crippen molar-refractivity contribution in [1.29, 1.82) is 0 Å². The second-order valence-corrected chi connectivity index (χ2v) is 6.89. The Bertz CT molecular complexity index is 360. The topological polar surface area (TPSA) is 94.5 Å². The summed E-state index contributed by atoms with van der Waals surface area (Å²) in [5, 5.41) is 8.81. The summed E-state index contributed by atoms with van der Waals surface area (Å²) in [4.78, 5) is 10.6. The predicted octanol–water partition coefficient (Wildman–Crippen LogP) is -3.69. The zero-order chi connectivity index (χ0) is 15.4. The molecular formula is C14H27Na2O5S+. The van der Waals surface area contributed by atoms with E-state index in [4.69, 9.17) is 4.55 Å². The molecule has 0 saturated heterocycles. The minimum absolute atomic E-state index is 0. The Morgan fingerprint density at radius 3 is 1.59 bits per heavy atom. The summed E-state index contributed by atoms with van der Waals surface area (Å²) in [6.45, 7) is 2.19. The molecule has 1 unspecified atom stereocenters. The molecule has 0 aliphatic rings. The maximum absolute atomic E-state index is 10.8. The van der Waals surface area contributed by atoms with Gasteiger partial charge >= 0.3 is 59.1 Å². The molecule has 5 nitrogen and oxygen atoms in total. The third-order valence-corrected chi connectivity index (χ3v) is 4.59. The van der Waals surface area contributed by atoms with Crippen LogP contribution >= 0.6 is 0 Å². The fourth-order valence-corrected chi connectivity index (χ4v) is 2.91. The van der Waals surface area contributed by atoms with Gasteiger partial charge in [-0.15, -0.1) is 0 Å². The summed E-state index contributed by atoms with van der Waals surface area (Å²) in [6.07, 6.45) is 10.8. The minimum Gasteiger partial charge on any atom is -0.549 e. The molecule has 0 aromatic carbocycles. The molecular weight excluding hydrogens is 326 g/mol. The third-order valence-electron chi connectivity index (χ3n) is 3.44. The number of aliphatic carboxylic acids is 1. The molecule has 0 aromatic rings. The van der Waals surface area contributed by atoms with Gasteiger partial charge in [-0.25, -0.2) is 0 Å². The van der Waals surface area contributed by atoms with E-state index in [9.17, 15) is 18.3 Å². The number of rotatable bonds is 13. The van der Waals surface area contributed by atoms with Crippen LogP contribution in [0.1, 0.15) is 77.6 Å². The molecule has 0 amide bonds. The average molecular weight is 353 g/mol. The van der Waals surface area contributed by atoms with Gasteiger partial charge in [0.2, 0.25) is 0 Å². The molecule has 0 aliphatic carbocycles. The number of hydrogen-bond acceptors (Lipinski definition) is 4. The Morgan fingerprint density at radius 2 is 1.27 bits per heavy atom. The molecule has 0 bridgehead atoms. The van der Waals surface area contributed by atoms with Gasteiger partial charge in [-0.3, -0.25) is 4.55 Å². The summed E-state index contributed by atoms with van der Waals surface area (Å²) in [5.41, 5.74) is 0. The molecule has 0 spiro atoms. The van der Waals surface area contributed by atoms with Crippen molar-refractivity contribution in [2.45, 2.75) is 82.8 Å². The van der Waals surface area contributed by atoms with Gasteiger partial charge in [-0.05, 0) is 6.42 Å². The predicted molar refractivity (Wildman–Crippen MR) is 76.8 cm³/mol. The number of carboxylic acids is 1. The average Bonchev–Trinajstić information content (AvgIpc) is 2.34. The Kier molecular flexibility index (Phi) is 22.1. The molecule has 1 atom stereocenters. The molecule has 120 valence electrons. The fourth-order valence-electron chi connectivity index (χ4n) is 2.21. The smallest absolute Gasteiger partial charge is 0.549 e. The second kappa shape index (κ2) is 17.2. The van der Waals surface area contributed by atoms with Crippen LogP contribution in [0.3, 0.4) is 0 Å². The molecule has 0 rings (SSSR count). The molecule has 0 aromatic heterocycles. The normalized spacial score (nSPS) is 12.1. The van der Waals surface area contributed by atoms with Crippen molar-refractivity contribution in [3.63, 3.8) is 0 Å². The van der Waals surface area contributed by atoms with Crippen molar-refractivity contribution in [2.24, 2.45) is 0 Å². The van der Waals surface area contributed by atoms with E-state index in [1.807, 2.05) is 0 Å². The first-order valence-corrected chi connectivity index (χ1v) is 9.07.